The largest absolute Gasteiger partial charge is 0.478 e. The monoisotopic (exact) mass is 212 g/mol. The van der Waals surface area contributed by atoms with Gasteiger partial charge in [0.05, 0.1) is 5.57 Å². The fourth-order valence-corrected chi connectivity index (χ4v) is 0.934. The average molecular weight is 212 g/mol. The molecule has 1 unspecified atom stereocenters. The molecule has 0 spiro atoms. The van der Waals surface area contributed by atoms with E-state index in [4.69, 9.17) is 9.84 Å². The van der Waals surface area contributed by atoms with E-state index < -0.39 is 18.0 Å². The molecule has 0 aromatic heterocycles. The van der Waals surface area contributed by atoms with Crippen LogP contribution in [0, 0.1) is 0 Å². The van der Waals surface area contributed by atoms with Crippen molar-refractivity contribution >= 4 is 11.9 Å². The van der Waals surface area contributed by atoms with Crippen LogP contribution in [0.5, 0.6) is 0 Å². The third-order valence-corrected chi connectivity index (χ3v) is 1.81. The van der Waals surface area contributed by atoms with Crippen LogP contribution in [0.4, 0.5) is 0 Å². The van der Waals surface area contributed by atoms with Crippen molar-refractivity contribution in [3.8, 4) is 0 Å². The van der Waals surface area contributed by atoms with Gasteiger partial charge in [-0.25, -0.2) is 9.59 Å². The van der Waals surface area contributed by atoms with E-state index in [1.54, 1.807) is 0 Å². The summed E-state index contributed by atoms with van der Waals surface area (Å²) in [6.07, 6.45) is 0.390. The van der Waals surface area contributed by atoms with Crippen LogP contribution in [0.25, 0.3) is 0 Å². The third-order valence-electron chi connectivity index (χ3n) is 1.81. The van der Waals surface area contributed by atoms with Crippen molar-refractivity contribution in [3.63, 3.8) is 0 Å². The van der Waals surface area contributed by atoms with Crippen molar-refractivity contribution in [1.82, 2.24) is 0 Å². The fourth-order valence-electron chi connectivity index (χ4n) is 0.934. The molecule has 0 aliphatic rings. The van der Waals surface area contributed by atoms with Crippen molar-refractivity contribution in [2.24, 2.45) is 0 Å². The van der Waals surface area contributed by atoms with Gasteiger partial charge in [-0.3, -0.25) is 0 Å². The summed E-state index contributed by atoms with van der Waals surface area (Å²) in [6.45, 7) is 10.2. The van der Waals surface area contributed by atoms with Gasteiger partial charge in [-0.15, -0.1) is 0 Å². The predicted octanol–water partition coefficient (Wildman–Crippen LogP) is 1.92. The number of ether oxygens (including phenoxy) is 1. The van der Waals surface area contributed by atoms with Crippen LogP contribution in [0.15, 0.2) is 24.3 Å². The van der Waals surface area contributed by atoms with Gasteiger partial charge in [0.2, 0.25) is 0 Å². The zero-order valence-electron chi connectivity index (χ0n) is 9.08. The Labute approximate surface area is 89.2 Å². The molecule has 0 saturated heterocycles. The van der Waals surface area contributed by atoms with Crippen LogP contribution < -0.4 is 0 Å². The molecule has 0 aliphatic carbocycles. The van der Waals surface area contributed by atoms with E-state index in [0.29, 0.717) is 12.8 Å². The second-order valence-electron chi connectivity index (χ2n) is 3.29. The van der Waals surface area contributed by atoms with Gasteiger partial charge < -0.3 is 9.84 Å². The summed E-state index contributed by atoms with van der Waals surface area (Å²) < 4.78 is 4.96. The number of esters is 1. The van der Waals surface area contributed by atoms with Crippen molar-refractivity contribution in [2.45, 2.75) is 32.8 Å². The lowest BCUT2D eigenvalue weighted by atomic mass is 10.1. The molecule has 0 rings (SSSR count). The lowest BCUT2D eigenvalue weighted by Crippen LogP contribution is -2.24. The second-order valence-corrected chi connectivity index (χ2v) is 3.29. The quantitative estimate of drug-likeness (QED) is 0.539. The molecule has 1 N–H and O–H groups in total. The summed E-state index contributed by atoms with van der Waals surface area (Å²) in [5.41, 5.74) is 0.140. The van der Waals surface area contributed by atoms with E-state index in [9.17, 15) is 9.59 Å². The summed E-state index contributed by atoms with van der Waals surface area (Å²) in [4.78, 5) is 21.9. The first-order valence-corrected chi connectivity index (χ1v) is 4.68. The van der Waals surface area contributed by atoms with Crippen molar-refractivity contribution in [3.05, 3.63) is 24.3 Å². The summed E-state index contributed by atoms with van der Waals surface area (Å²) in [6, 6.07) is 0. The molecule has 0 aromatic carbocycles. The predicted molar refractivity (Wildman–Crippen MR) is 56.4 cm³/mol. The minimum absolute atomic E-state index is 0.105. The van der Waals surface area contributed by atoms with Crippen LogP contribution in [-0.2, 0) is 14.3 Å². The maximum absolute atomic E-state index is 11.2. The van der Waals surface area contributed by atoms with Gasteiger partial charge in [0, 0.05) is 5.57 Å². The maximum atomic E-state index is 11.2. The number of carboxylic acids is 1. The first-order chi connectivity index (χ1) is 6.90. The van der Waals surface area contributed by atoms with Gasteiger partial charge in [-0.1, -0.05) is 26.5 Å². The van der Waals surface area contributed by atoms with E-state index in [1.165, 1.54) is 6.92 Å². The molecule has 84 valence electrons. The Bertz CT molecular complexity index is 291. The number of carbonyl (C=O) groups excluding carboxylic acids is 1. The topological polar surface area (TPSA) is 63.6 Å². The second kappa shape index (κ2) is 6.01. The summed E-state index contributed by atoms with van der Waals surface area (Å²) in [7, 11) is 0. The molecule has 0 aliphatic heterocycles. The molecular formula is C11H16O4. The van der Waals surface area contributed by atoms with Crippen molar-refractivity contribution < 1.29 is 19.4 Å². The Balaban J connectivity index is 4.54. The first-order valence-electron chi connectivity index (χ1n) is 4.68. The zero-order chi connectivity index (χ0) is 12.0. The molecular weight excluding hydrogens is 196 g/mol. The number of rotatable bonds is 6. The number of hydrogen-bond acceptors (Lipinski definition) is 3. The maximum Gasteiger partial charge on any atom is 0.334 e. The number of carboxylic acid groups (broad SMARTS) is 1. The third kappa shape index (κ3) is 4.44. The summed E-state index contributed by atoms with van der Waals surface area (Å²) >= 11 is 0. The lowest BCUT2D eigenvalue weighted by Gasteiger charge is -2.16. The Morgan fingerprint density at radius 2 is 1.93 bits per heavy atom. The molecule has 4 nitrogen and oxygen atoms in total. The average Bonchev–Trinajstić information content (AvgIpc) is 2.15. The molecule has 0 fully saturated rings. The van der Waals surface area contributed by atoms with E-state index in [0.717, 1.165) is 0 Å². The highest BCUT2D eigenvalue weighted by Gasteiger charge is 2.21. The lowest BCUT2D eigenvalue weighted by molar-refractivity contribution is -0.144. The standard InChI is InChI=1S/C11H16O4/c1-5-6-9(8(4)10(12)13)15-11(14)7(2)3/h9H,2,4-6H2,1,3H3,(H,12,13). The van der Waals surface area contributed by atoms with Crippen molar-refractivity contribution in [2.75, 3.05) is 0 Å². The Morgan fingerprint density at radius 1 is 1.40 bits per heavy atom. The number of hydrogen-bond donors (Lipinski definition) is 1. The Morgan fingerprint density at radius 3 is 2.27 bits per heavy atom. The highest BCUT2D eigenvalue weighted by atomic mass is 16.5. The van der Waals surface area contributed by atoms with Crippen LogP contribution in [-0.4, -0.2) is 23.1 Å². The van der Waals surface area contributed by atoms with Crippen LogP contribution in [0.3, 0.4) is 0 Å². The minimum Gasteiger partial charge on any atom is -0.478 e. The minimum atomic E-state index is -1.15. The SMILES string of the molecule is C=C(C)C(=O)OC(CCC)C(=C)C(=O)O. The van der Waals surface area contributed by atoms with Gasteiger partial charge in [0.25, 0.3) is 0 Å². The van der Waals surface area contributed by atoms with E-state index in [1.807, 2.05) is 6.92 Å². The van der Waals surface area contributed by atoms with Gasteiger partial charge >= 0.3 is 11.9 Å². The number of aliphatic carboxylic acids is 1. The smallest absolute Gasteiger partial charge is 0.334 e. The molecule has 1 atom stereocenters. The zero-order valence-corrected chi connectivity index (χ0v) is 9.08. The molecule has 0 radical (unpaired) electrons. The molecule has 0 amide bonds. The highest BCUT2D eigenvalue weighted by Crippen LogP contribution is 2.13. The highest BCUT2D eigenvalue weighted by molar-refractivity contribution is 5.90. The summed E-state index contributed by atoms with van der Waals surface area (Å²) in [5, 5.41) is 8.72. The van der Waals surface area contributed by atoms with Gasteiger partial charge in [0.1, 0.15) is 6.10 Å². The summed E-state index contributed by atoms with van der Waals surface area (Å²) in [5.74, 6) is -1.74. The van der Waals surface area contributed by atoms with E-state index >= 15 is 0 Å². The Kier molecular flexibility index (Phi) is 5.37. The molecule has 4 heteroatoms. The van der Waals surface area contributed by atoms with Crippen LogP contribution in [0.1, 0.15) is 26.7 Å². The Hall–Kier alpha value is -1.58. The van der Waals surface area contributed by atoms with Gasteiger partial charge in [-0.2, -0.15) is 0 Å². The van der Waals surface area contributed by atoms with E-state index in [2.05, 4.69) is 13.2 Å². The van der Waals surface area contributed by atoms with E-state index in [-0.39, 0.29) is 11.1 Å². The van der Waals surface area contributed by atoms with Crippen LogP contribution >= 0.6 is 0 Å². The molecule has 0 saturated carbocycles. The number of carbonyl (C=O) groups is 2. The van der Waals surface area contributed by atoms with Crippen LogP contribution in [0.2, 0.25) is 0 Å². The molecule has 0 heterocycles. The molecule has 0 aromatic rings. The molecule has 15 heavy (non-hydrogen) atoms. The van der Waals surface area contributed by atoms with Gasteiger partial charge in [-0.05, 0) is 13.3 Å². The van der Waals surface area contributed by atoms with Crippen molar-refractivity contribution in [1.29, 1.82) is 0 Å². The normalized spacial score (nSPS) is 11.6. The first kappa shape index (κ1) is 13.4. The molecule has 0 bridgehead atoms. The van der Waals surface area contributed by atoms with Gasteiger partial charge in [0.15, 0.2) is 0 Å². The fraction of sp³-hybridized carbons (Fsp3) is 0.455.